The summed E-state index contributed by atoms with van der Waals surface area (Å²) in [7, 11) is 3.92. The monoisotopic (exact) mass is 454 g/mol. The van der Waals surface area contributed by atoms with Crippen molar-refractivity contribution < 1.29 is 4.79 Å². The molecule has 4 atom stereocenters. The number of aromatic amines is 1. The molecule has 2 aliphatic rings. The normalized spacial score (nSPS) is 25.2. The molecule has 0 saturated carbocycles. The van der Waals surface area contributed by atoms with E-state index in [0.29, 0.717) is 30.4 Å². The van der Waals surface area contributed by atoms with Crippen LogP contribution in [0.2, 0.25) is 0 Å². The van der Waals surface area contributed by atoms with E-state index in [1.165, 1.54) is 0 Å². The van der Waals surface area contributed by atoms with Gasteiger partial charge < -0.3 is 20.9 Å². The van der Waals surface area contributed by atoms with E-state index in [0.717, 1.165) is 53.2 Å². The molecular weight excluding hydrogens is 424 g/mol. The highest BCUT2D eigenvalue weighted by molar-refractivity contribution is 7.16. The lowest BCUT2D eigenvalue weighted by Crippen LogP contribution is -2.55. The molecule has 0 radical (unpaired) electrons. The maximum Gasteiger partial charge on any atom is 0.226 e. The van der Waals surface area contributed by atoms with Crippen LogP contribution in [0.1, 0.15) is 31.4 Å². The molecule has 5 heterocycles. The fourth-order valence-corrected chi connectivity index (χ4v) is 5.75. The molecule has 9 nitrogen and oxygen atoms in total. The number of hydrogen-bond acceptors (Lipinski definition) is 9. The van der Waals surface area contributed by atoms with Crippen molar-refractivity contribution in [1.82, 2.24) is 30.4 Å². The lowest BCUT2D eigenvalue weighted by Gasteiger charge is -2.43. The number of rotatable bonds is 7. The second kappa shape index (κ2) is 8.76. The number of ketones is 1. The smallest absolute Gasteiger partial charge is 0.226 e. The van der Waals surface area contributed by atoms with Crippen molar-refractivity contribution in [2.45, 2.75) is 50.7 Å². The topological polar surface area (TPSA) is 111 Å². The number of carbonyl (C=O) groups excluding carboxylic acids is 1. The Morgan fingerprint density at radius 1 is 1.22 bits per heavy atom. The molecule has 0 spiro atoms. The van der Waals surface area contributed by atoms with Gasteiger partial charge in [0.2, 0.25) is 5.95 Å². The van der Waals surface area contributed by atoms with Crippen LogP contribution < -0.4 is 16.0 Å². The van der Waals surface area contributed by atoms with Crippen LogP contribution in [0.3, 0.4) is 0 Å². The number of thiophene rings is 1. The average Bonchev–Trinajstić information content (AvgIpc) is 3.35. The highest BCUT2D eigenvalue weighted by Crippen LogP contribution is 2.33. The highest BCUT2D eigenvalue weighted by atomic mass is 32.1. The summed E-state index contributed by atoms with van der Waals surface area (Å²) < 4.78 is 0. The van der Waals surface area contributed by atoms with Crippen LogP contribution in [0.15, 0.2) is 17.5 Å². The Hall–Kier alpha value is -2.56. The quantitative estimate of drug-likeness (QED) is 0.431. The third-order valence-corrected chi connectivity index (χ3v) is 7.09. The zero-order valence-electron chi connectivity index (χ0n) is 18.7. The third-order valence-electron chi connectivity index (χ3n) is 6.29. The SMILES string of the molecule is Cc1cc(Nc2nc(NC3C[C@@H]4CC(C(=O)CN(C)C)C[C@H](C3)N4)nc3sccc23)n[nH]1. The number of H-pyrrole nitrogens is 1. The van der Waals surface area contributed by atoms with Crippen molar-refractivity contribution in [1.29, 1.82) is 0 Å². The summed E-state index contributed by atoms with van der Waals surface area (Å²) in [6.07, 6.45) is 3.76. The molecule has 10 heteroatoms. The number of likely N-dealkylation sites (N-methyl/N-ethyl adjacent to an activating group) is 1. The van der Waals surface area contributed by atoms with E-state index < -0.39 is 0 Å². The number of carbonyl (C=O) groups is 1. The Morgan fingerprint density at radius 3 is 2.69 bits per heavy atom. The van der Waals surface area contributed by atoms with Crippen molar-refractivity contribution in [2.24, 2.45) is 5.92 Å². The van der Waals surface area contributed by atoms with Gasteiger partial charge in [-0.1, -0.05) is 0 Å². The van der Waals surface area contributed by atoms with E-state index in [1.54, 1.807) is 11.3 Å². The van der Waals surface area contributed by atoms with Gasteiger partial charge in [-0.3, -0.25) is 9.89 Å². The first-order valence-corrected chi connectivity index (χ1v) is 12.0. The van der Waals surface area contributed by atoms with Gasteiger partial charge in [-0.05, 0) is 58.1 Å². The van der Waals surface area contributed by atoms with Crippen LogP contribution in [-0.4, -0.2) is 69.6 Å². The molecule has 32 heavy (non-hydrogen) atoms. The summed E-state index contributed by atoms with van der Waals surface area (Å²) in [5.41, 5.74) is 0.991. The molecule has 170 valence electrons. The van der Waals surface area contributed by atoms with Gasteiger partial charge in [0, 0.05) is 35.8 Å². The summed E-state index contributed by atoms with van der Waals surface area (Å²) in [4.78, 5) is 25.0. The van der Waals surface area contributed by atoms with Gasteiger partial charge in [-0.2, -0.15) is 10.1 Å². The first-order valence-electron chi connectivity index (χ1n) is 11.2. The second-order valence-electron chi connectivity index (χ2n) is 9.34. The van der Waals surface area contributed by atoms with E-state index in [-0.39, 0.29) is 12.0 Å². The van der Waals surface area contributed by atoms with Gasteiger partial charge in [0.15, 0.2) is 5.82 Å². The van der Waals surface area contributed by atoms with Gasteiger partial charge in [-0.15, -0.1) is 11.3 Å². The fourth-order valence-electron chi connectivity index (χ4n) is 4.99. The lowest BCUT2D eigenvalue weighted by molar-refractivity contribution is -0.125. The van der Waals surface area contributed by atoms with Crippen molar-refractivity contribution in [3.05, 3.63) is 23.2 Å². The Bertz CT molecular complexity index is 1090. The number of aryl methyl sites for hydroxylation is 1. The van der Waals surface area contributed by atoms with E-state index >= 15 is 0 Å². The molecule has 2 fully saturated rings. The highest BCUT2D eigenvalue weighted by Gasteiger charge is 2.38. The Kier molecular flexibility index (Phi) is 5.83. The van der Waals surface area contributed by atoms with Crippen molar-refractivity contribution in [2.75, 3.05) is 31.3 Å². The Morgan fingerprint density at radius 2 is 2.00 bits per heavy atom. The summed E-state index contributed by atoms with van der Waals surface area (Å²) in [6, 6.07) is 4.98. The molecule has 3 aromatic heterocycles. The minimum atomic E-state index is 0.168. The van der Waals surface area contributed by atoms with Crippen molar-refractivity contribution in [3.8, 4) is 0 Å². The van der Waals surface area contributed by atoms with Crippen molar-refractivity contribution >= 4 is 44.9 Å². The molecule has 2 unspecified atom stereocenters. The molecule has 0 amide bonds. The molecule has 0 aromatic carbocycles. The zero-order valence-corrected chi connectivity index (χ0v) is 19.5. The van der Waals surface area contributed by atoms with E-state index in [9.17, 15) is 4.79 Å². The summed E-state index contributed by atoms with van der Waals surface area (Å²) in [6.45, 7) is 2.50. The molecule has 2 aliphatic heterocycles. The minimum Gasteiger partial charge on any atom is -0.351 e. The third kappa shape index (κ3) is 4.62. The molecule has 2 bridgehead atoms. The summed E-state index contributed by atoms with van der Waals surface area (Å²) in [5, 5.41) is 20.9. The number of piperidine rings is 2. The minimum absolute atomic E-state index is 0.168. The Labute approximate surface area is 191 Å². The number of aromatic nitrogens is 4. The van der Waals surface area contributed by atoms with E-state index in [4.69, 9.17) is 9.97 Å². The van der Waals surface area contributed by atoms with Crippen molar-refractivity contribution in [3.63, 3.8) is 0 Å². The van der Waals surface area contributed by atoms with Crippen LogP contribution >= 0.6 is 11.3 Å². The first-order chi connectivity index (χ1) is 15.4. The van der Waals surface area contributed by atoms with Gasteiger partial charge in [0.25, 0.3) is 0 Å². The van der Waals surface area contributed by atoms with Crippen LogP contribution in [-0.2, 0) is 4.79 Å². The number of anilines is 3. The van der Waals surface area contributed by atoms with E-state index in [1.807, 2.05) is 43.4 Å². The van der Waals surface area contributed by atoms with Crippen LogP contribution in [0.25, 0.3) is 10.2 Å². The molecule has 0 aliphatic carbocycles. The number of Topliss-reactive ketones (excluding diaryl/α,β-unsaturated/α-hetero) is 1. The molecule has 4 N–H and O–H groups in total. The molecular formula is C22H30N8OS. The van der Waals surface area contributed by atoms with Gasteiger partial charge in [0.1, 0.15) is 16.4 Å². The number of nitrogens with zero attached hydrogens (tertiary/aromatic N) is 4. The number of hydrogen-bond donors (Lipinski definition) is 4. The maximum absolute atomic E-state index is 12.6. The maximum atomic E-state index is 12.6. The number of fused-ring (bicyclic) bond motifs is 3. The molecule has 3 aromatic rings. The zero-order chi connectivity index (χ0) is 22.2. The number of nitrogens with one attached hydrogen (secondary N) is 4. The molecule has 5 rings (SSSR count). The second-order valence-corrected chi connectivity index (χ2v) is 10.2. The largest absolute Gasteiger partial charge is 0.351 e. The summed E-state index contributed by atoms with van der Waals surface area (Å²) >= 11 is 1.61. The first kappa shape index (κ1) is 21.3. The Balaban J connectivity index is 1.29. The van der Waals surface area contributed by atoms with Crippen LogP contribution in [0.5, 0.6) is 0 Å². The van der Waals surface area contributed by atoms with Gasteiger partial charge in [-0.25, -0.2) is 4.98 Å². The van der Waals surface area contributed by atoms with Gasteiger partial charge in [0.05, 0.1) is 11.9 Å². The molecule has 2 saturated heterocycles. The lowest BCUT2D eigenvalue weighted by atomic mass is 9.76. The fraction of sp³-hybridized carbons (Fsp3) is 0.545. The van der Waals surface area contributed by atoms with Crippen LogP contribution in [0, 0.1) is 12.8 Å². The standard InChI is InChI=1S/C22H30N8OS/c1-12-6-19(29-28-12)25-20-17-4-5-32-21(17)27-22(26-20)24-16-9-14-7-13(8-15(10-16)23-14)18(31)11-30(2)3/h4-6,13-16,23H,7-11H2,1-3H3,(H3,24,25,26,27,28,29)/t13?,14-,15+,16?. The average molecular weight is 455 g/mol. The predicted octanol–water partition coefficient (Wildman–Crippen LogP) is 2.91. The van der Waals surface area contributed by atoms with Crippen LogP contribution in [0.4, 0.5) is 17.6 Å². The van der Waals surface area contributed by atoms with E-state index in [2.05, 4.69) is 26.1 Å². The predicted molar refractivity (Wildman–Crippen MR) is 128 cm³/mol. The summed E-state index contributed by atoms with van der Waals surface area (Å²) in [5.74, 6) is 2.67. The van der Waals surface area contributed by atoms with Gasteiger partial charge >= 0.3 is 0 Å².